The van der Waals surface area contributed by atoms with Crippen molar-refractivity contribution in [1.29, 1.82) is 0 Å². The van der Waals surface area contributed by atoms with Gasteiger partial charge in [-0.25, -0.2) is 14.3 Å². The fourth-order valence-corrected chi connectivity index (χ4v) is 1.86. The van der Waals surface area contributed by atoms with E-state index in [-0.39, 0.29) is 6.54 Å². The molecule has 1 unspecified atom stereocenters. The maximum absolute atomic E-state index is 12.1. The molecule has 21 heavy (non-hydrogen) atoms. The van der Waals surface area contributed by atoms with Crippen molar-refractivity contribution in [2.75, 3.05) is 13.7 Å². The Morgan fingerprint density at radius 2 is 2.24 bits per heavy atom. The number of aliphatic hydroxyl groups is 1. The molecule has 2 rings (SSSR count). The Hall–Kier alpha value is -2.55. The monoisotopic (exact) mass is 293 g/mol. The summed E-state index contributed by atoms with van der Waals surface area (Å²) in [6, 6.07) is 0. The Bertz CT molecular complexity index is 669. The molecule has 0 aliphatic rings. The predicted octanol–water partition coefficient (Wildman–Crippen LogP) is -1.05. The molecule has 2 aromatic rings. The van der Waals surface area contributed by atoms with Gasteiger partial charge >= 0.3 is 5.97 Å². The number of nitrogens with one attached hydrogen (secondary N) is 1. The van der Waals surface area contributed by atoms with Gasteiger partial charge in [0.05, 0.1) is 24.9 Å². The summed E-state index contributed by atoms with van der Waals surface area (Å²) in [4.78, 5) is 31.2. The van der Waals surface area contributed by atoms with Crippen LogP contribution in [0.5, 0.6) is 0 Å². The van der Waals surface area contributed by atoms with Crippen LogP contribution in [-0.4, -0.2) is 56.3 Å². The van der Waals surface area contributed by atoms with E-state index in [9.17, 15) is 14.7 Å². The summed E-state index contributed by atoms with van der Waals surface area (Å²) < 4.78 is 5.85. The minimum Gasteiger partial charge on any atom is -0.467 e. The number of esters is 1. The maximum Gasteiger partial charge on any atom is 0.336 e. The lowest BCUT2D eigenvalue weighted by Gasteiger charge is -2.12. The first-order valence-electron chi connectivity index (χ1n) is 6.30. The fourth-order valence-electron chi connectivity index (χ4n) is 1.86. The highest BCUT2D eigenvalue weighted by atomic mass is 16.5. The quantitative estimate of drug-likeness (QED) is 0.675. The van der Waals surface area contributed by atoms with E-state index >= 15 is 0 Å². The minimum atomic E-state index is -1.41. The maximum atomic E-state index is 12.1. The molecule has 0 saturated carbocycles. The van der Waals surface area contributed by atoms with Crippen molar-refractivity contribution < 1.29 is 19.4 Å². The smallest absolute Gasteiger partial charge is 0.336 e. The van der Waals surface area contributed by atoms with Crippen LogP contribution in [0.15, 0.2) is 12.5 Å². The molecule has 0 spiro atoms. The molecule has 9 heteroatoms. The number of amides is 1. The largest absolute Gasteiger partial charge is 0.467 e. The summed E-state index contributed by atoms with van der Waals surface area (Å²) in [6.45, 7) is 1.63. The van der Waals surface area contributed by atoms with E-state index < -0.39 is 18.0 Å². The van der Waals surface area contributed by atoms with Gasteiger partial charge in [-0.2, -0.15) is 10.1 Å². The van der Waals surface area contributed by atoms with Crippen LogP contribution in [0, 0.1) is 0 Å². The summed E-state index contributed by atoms with van der Waals surface area (Å²) in [7, 11) is 1.16. The third kappa shape index (κ3) is 2.97. The molecule has 1 atom stereocenters. The second kappa shape index (κ2) is 6.27. The van der Waals surface area contributed by atoms with Crippen LogP contribution in [0.25, 0.3) is 5.78 Å². The molecule has 2 N–H and O–H groups in total. The summed E-state index contributed by atoms with van der Waals surface area (Å²) in [5.74, 6) is -0.867. The second-order valence-corrected chi connectivity index (χ2v) is 4.19. The zero-order valence-electron chi connectivity index (χ0n) is 11.6. The van der Waals surface area contributed by atoms with Crippen LogP contribution in [-0.2, 0) is 16.0 Å². The van der Waals surface area contributed by atoms with Crippen molar-refractivity contribution in [3.05, 3.63) is 23.8 Å². The van der Waals surface area contributed by atoms with Gasteiger partial charge in [-0.1, -0.05) is 6.92 Å². The zero-order valence-corrected chi connectivity index (χ0v) is 11.6. The van der Waals surface area contributed by atoms with Gasteiger partial charge in [0.15, 0.2) is 6.10 Å². The van der Waals surface area contributed by atoms with E-state index in [1.165, 1.54) is 17.0 Å². The van der Waals surface area contributed by atoms with Gasteiger partial charge in [-0.3, -0.25) is 4.79 Å². The van der Waals surface area contributed by atoms with Gasteiger partial charge in [-0.15, -0.1) is 0 Å². The molecular weight excluding hydrogens is 278 g/mol. The highest BCUT2D eigenvalue weighted by Gasteiger charge is 2.19. The molecule has 0 radical (unpaired) electrons. The summed E-state index contributed by atoms with van der Waals surface area (Å²) in [6.07, 6.45) is 1.88. The summed E-state index contributed by atoms with van der Waals surface area (Å²) in [5, 5.41) is 15.9. The average Bonchev–Trinajstić information content (AvgIpc) is 2.98. The Kier molecular flexibility index (Phi) is 4.43. The fraction of sp³-hybridized carbons (Fsp3) is 0.417. The molecule has 1 amide bonds. The molecule has 0 bridgehead atoms. The molecule has 0 aliphatic heterocycles. The number of aromatic nitrogens is 4. The van der Waals surface area contributed by atoms with Crippen LogP contribution in [0.2, 0.25) is 0 Å². The average molecular weight is 293 g/mol. The number of hydrogen-bond acceptors (Lipinski definition) is 7. The Balaban J connectivity index is 2.17. The number of fused-ring (bicyclic) bond motifs is 1. The van der Waals surface area contributed by atoms with Crippen molar-refractivity contribution in [2.45, 2.75) is 19.4 Å². The number of ether oxygens (including phenoxy) is 1. The molecule has 2 aromatic heterocycles. The number of aryl methyl sites for hydroxylation is 1. The van der Waals surface area contributed by atoms with Crippen LogP contribution in [0.1, 0.15) is 23.0 Å². The molecule has 112 valence electrons. The van der Waals surface area contributed by atoms with Crippen molar-refractivity contribution in [1.82, 2.24) is 24.9 Å². The molecular formula is C12H15N5O4. The summed E-state index contributed by atoms with van der Waals surface area (Å²) in [5.41, 5.74) is 0.954. The van der Waals surface area contributed by atoms with E-state index in [0.717, 1.165) is 7.11 Å². The van der Waals surface area contributed by atoms with Crippen molar-refractivity contribution in [2.24, 2.45) is 0 Å². The number of hydrogen-bond donors (Lipinski definition) is 2. The van der Waals surface area contributed by atoms with Gasteiger partial charge in [0.25, 0.3) is 11.7 Å². The number of rotatable bonds is 5. The lowest BCUT2D eigenvalue weighted by Crippen LogP contribution is -2.37. The predicted molar refractivity (Wildman–Crippen MR) is 70.5 cm³/mol. The van der Waals surface area contributed by atoms with E-state index in [4.69, 9.17) is 0 Å². The number of carbonyl (C=O) groups excluding carboxylic acids is 2. The van der Waals surface area contributed by atoms with E-state index in [0.29, 0.717) is 23.5 Å². The Morgan fingerprint density at radius 3 is 2.90 bits per heavy atom. The highest BCUT2D eigenvalue weighted by molar-refractivity contribution is 5.95. The van der Waals surface area contributed by atoms with Crippen LogP contribution in [0.4, 0.5) is 0 Å². The van der Waals surface area contributed by atoms with E-state index in [1.54, 1.807) is 0 Å². The molecule has 0 fully saturated rings. The Labute approximate surface area is 120 Å². The van der Waals surface area contributed by atoms with Gasteiger partial charge in [0, 0.05) is 6.20 Å². The highest BCUT2D eigenvalue weighted by Crippen LogP contribution is 2.09. The molecule has 9 nitrogen and oxygen atoms in total. The number of methoxy groups -OCH3 is 1. The molecule has 0 aromatic carbocycles. The first-order valence-corrected chi connectivity index (χ1v) is 6.30. The molecule has 2 heterocycles. The molecule has 0 saturated heterocycles. The van der Waals surface area contributed by atoms with E-state index in [1.807, 2.05) is 6.92 Å². The van der Waals surface area contributed by atoms with Crippen molar-refractivity contribution in [3.8, 4) is 0 Å². The van der Waals surface area contributed by atoms with Crippen LogP contribution in [0.3, 0.4) is 0 Å². The SMILES string of the molecule is CCc1c(C(=O)NCC(O)C(=O)OC)cnc2ncnn12. The number of nitrogens with zero attached hydrogens (tertiary/aromatic N) is 4. The standard InChI is InChI=1S/C12H15N5O4/c1-3-8-7(4-14-12-15-6-16-17(8)12)10(19)13-5-9(18)11(20)21-2/h4,6,9,18H,3,5H2,1-2H3,(H,13,19). The third-order valence-corrected chi connectivity index (χ3v) is 2.91. The number of aliphatic hydroxyl groups excluding tert-OH is 1. The Morgan fingerprint density at radius 1 is 1.48 bits per heavy atom. The van der Waals surface area contributed by atoms with Gasteiger partial charge in [0.1, 0.15) is 6.33 Å². The first-order chi connectivity index (χ1) is 10.1. The van der Waals surface area contributed by atoms with Crippen molar-refractivity contribution >= 4 is 17.7 Å². The lowest BCUT2D eigenvalue weighted by molar-refractivity contribution is -0.149. The van der Waals surface area contributed by atoms with Crippen LogP contribution < -0.4 is 5.32 Å². The van der Waals surface area contributed by atoms with Gasteiger partial charge in [-0.05, 0) is 6.42 Å². The van der Waals surface area contributed by atoms with Crippen LogP contribution >= 0.6 is 0 Å². The van der Waals surface area contributed by atoms with Crippen molar-refractivity contribution in [3.63, 3.8) is 0 Å². The topological polar surface area (TPSA) is 119 Å². The van der Waals surface area contributed by atoms with E-state index in [2.05, 4.69) is 25.1 Å². The minimum absolute atomic E-state index is 0.246. The third-order valence-electron chi connectivity index (χ3n) is 2.91. The zero-order chi connectivity index (χ0) is 15.4. The summed E-state index contributed by atoms with van der Waals surface area (Å²) >= 11 is 0. The van der Waals surface area contributed by atoms with Gasteiger partial charge < -0.3 is 15.2 Å². The molecule has 0 aliphatic carbocycles. The van der Waals surface area contributed by atoms with Gasteiger partial charge in [0.2, 0.25) is 0 Å². The first kappa shape index (κ1) is 14.9. The lowest BCUT2D eigenvalue weighted by atomic mass is 10.1. The second-order valence-electron chi connectivity index (χ2n) is 4.19. The normalized spacial score (nSPS) is 12.1. The number of carbonyl (C=O) groups is 2.